The van der Waals surface area contributed by atoms with Crippen LogP contribution in [0.5, 0.6) is 0 Å². The summed E-state index contributed by atoms with van der Waals surface area (Å²) >= 11 is 8.13. The molecule has 1 unspecified atom stereocenters. The average Bonchev–Trinajstić information content (AvgIpc) is 3.21. The van der Waals surface area contributed by atoms with Gasteiger partial charge in [0.25, 0.3) is 5.91 Å². The molecule has 0 aliphatic rings. The fraction of sp³-hybridized carbons (Fsp3) is 0.174. The molecule has 2 N–H and O–H groups in total. The smallest absolute Gasteiger partial charge is 0.255 e. The lowest BCUT2D eigenvalue weighted by molar-refractivity contribution is -0.129. The van der Waals surface area contributed by atoms with Crippen LogP contribution in [0.2, 0.25) is 0 Å². The number of carbonyl (C=O) groups excluding carboxylic acids is 2. The Bertz CT molecular complexity index is 1840. The van der Waals surface area contributed by atoms with Crippen molar-refractivity contribution in [2.24, 2.45) is 0 Å². The number of nitrogens with one attached hydrogen (secondary N) is 2. The van der Waals surface area contributed by atoms with E-state index in [4.69, 9.17) is 0 Å². The van der Waals surface area contributed by atoms with Gasteiger partial charge in [0.05, 0.1) is 9.49 Å². The molecule has 1 atom stereocenters. The molecule has 7 heteroatoms. The molecule has 4 nitrogen and oxygen atoms in total. The van der Waals surface area contributed by atoms with E-state index in [2.05, 4.69) is 169 Å². The lowest BCUT2D eigenvalue weighted by Gasteiger charge is -2.36. The maximum absolute atomic E-state index is 13.5. The van der Waals surface area contributed by atoms with Crippen molar-refractivity contribution in [3.8, 4) is 0 Å². The van der Waals surface area contributed by atoms with Crippen molar-refractivity contribution >= 4 is 48.0 Å². The van der Waals surface area contributed by atoms with Gasteiger partial charge in [0.1, 0.15) is 0 Å². The summed E-state index contributed by atoms with van der Waals surface area (Å²) in [6, 6.07) is 62.7. The lowest BCUT2D eigenvalue weighted by atomic mass is 9.84. The number of thioether (sulfide) groups is 2. The third-order valence-corrected chi connectivity index (χ3v) is 12.7. The highest BCUT2D eigenvalue weighted by molar-refractivity contribution is 8.00. The second kappa shape index (κ2) is 17.9. The first-order chi connectivity index (χ1) is 25.9. The van der Waals surface area contributed by atoms with E-state index in [0.717, 1.165) is 33.4 Å². The Kier molecular flexibility index (Phi) is 12.8. The van der Waals surface area contributed by atoms with Crippen molar-refractivity contribution in [2.45, 2.75) is 27.7 Å². The molecule has 0 aliphatic carbocycles. The second-order valence-electron chi connectivity index (χ2n) is 12.9. The fourth-order valence-electron chi connectivity index (χ4n) is 6.77. The first-order valence-corrected chi connectivity index (χ1v) is 20.2. The highest BCUT2D eigenvalue weighted by Gasteiger charge is 2.39. The van der Waals surface area contributed by atoms with Gasteiger partial charge in [-0.2, -0.15) is 0 Å². The van der Waals surface area contributed by atoms with Crippen molar-refractivity contribution in [3.63, 3.8) is 0 Å². The largest absolute Gasteiger partial charge is 0.352 e. The summed E-state index contributed by atoms with van der Waals surface area (Å²) in [7, 11) is 0. The molecule has 0 aromatic heterocycles. The number of hydrogen-bond acceptors (Lipinski definition) is 5. The first-order valence-electron chi connectivity index (χ1n) is 17.8. The van der Waals surface area contributed by atoms with Crippen molar-refractivity contribution in [1.82, 2.24) is 10.6 Å². The SMILES string of the molecule is CC(S)(NC(=O)CCSC(c1ccccc1)(c1ccccc1)c1ccccc1)C(=O)NCCSC(c1ccccc1)(c1ccccc1)c1ccccc1. The summed E-state index contributed by atoms with van der Waals surface area (Å²) in [6.07, 6.45) is 0.214. The van der Waals surface area contributed by atoms with E-state index in [-0.39, 0.29) is 18.2 Å². The van der Waals surface area contributed by atoms with E-state index < -0.39 is 14.4 Å². The maximum Gasteiger partial charge on any atom is 0.255 e. The van der Waals surface area contributed by atoms with Crippen LogP contribution in [0.3, 0.4) is 0 Å². The second-order valence-corrected chi connectivity index (χ2v) is 16.4. The maximum atomic E-state index is 13.5. The number of hydrogen-bond donors (Lipinski definition) is 3. The van der Waals surface area contributed by atoms with Crippen LogP contribution in [0.15, 0.2) is 182 Å². The zero-order chi connectivity index (χ0) is 37.0. The molecule has 0 saturated heterocycles. The van der Waals surface area contributed by atoms with Crippen LogP contribution >= 0.6 is 36.2 Å². The Morgan fingerprint density at radius 3 is 1.08 bits per heavy atom. The molecule has 0 saturated carbocycles. The summed E-state index contributed by atoms with van der Waals surface area (Å²) in [5, 5.41) is 5.93. The molecule has 6 aromatic carbocycles. The molecule has 6 rings (SSSR count). The summed E-state index contributed by atoms with van der Waals surface area (Å²) in [6.45, 7) is 2.03. The van der Waals surface area contributed by atoms with Gasteiger partial charge in [0, 0.05) is 24.5 Å². The Balaban J connectivity index is 1.11. The summed E-state index contributed by atoms with van der Waals surface area (Å²) in [5.74, 6) is 0.560. The number of benzene rings is 6. The average molecular weight is 753 g/mol. The van der Waals surface area contributed by atoms with Gasteiger partial charge in [-0.05, 0) is 40.3 Å². The third kappa shape index (κ3) is 8.76. The number of amides is 2. The van der Waals surface area contributed by atoms with Crippen LogP contribution in [0.1, 0.15) is 46.7 Å². The molecule has 53 heavy (non-hydrogen) atoms. The van der Waals surface area contributed by atoms with E-state index >= 15 is 0 Å². The van der Waals surface area contributed by atoms with Crippen LogP contribution in [0.4, 0.5) is 0 Å². The van der Waals surface area contributed by atoms with Gasteiger partial charge in [-0.25, -0.2) is 0 Å². The molecule has 0 bridgehead atoms. The van der Waals surface area contributed by atoms with Crippen molar-refractivity contribution in [3.05, 3.63) is 215 Å². The molecule has 268 valence electrons. The fourth-order valence-corrected chi connectivity index (χ4v) is 9.89. The van der Waals surface area contributed by atoms with E-state index in [9.17, 15) is 9.59 Å². The monoisotopic (exact) mass is 752 g/mol. The highest BCUT2D eigenvalue weighted by Crippen LogP contribution is 2.49. The quantitative estimate of drug-likeness (QED) is 0.0399. The molecule has 0 radical (unpaired) electrons. The minimum Gasteiger partial charge on any atom is -0.352 e. The van der Waals surface area contributed by atoms with Crippen LogP contribution in [0, 0.1) is 0 Å². The molecule has 0 spiro atoms. The zero-order valence-corrected chi connectivity index (χ0v) is 32.3. The van der Waals surface area contributed by atoms with Gasteiger partial charge in [-0.3, -0.25) is 9.59 Å². The number of carbonyl (C=O) groups is 2. The molecule has 6 aromatic rings. The predicted molar refractivity (Wildman–Crippen MR) is 226 cm³/mol. The van der Waals surface area contributed by atoms with Crippen LogP contribution in [0.25, 0.3) is 0 Å². The summed E-state index contributed by atoms with van der Waals surface area (Å²) in [4.78, 5) is 25.5. The van der Waals surface area contributed by atoms with Gasteiger partial charge in [0.2, 0.25) is 5.91 Å². The van der Waals surface area contributed by atoms with E-state index in [1.165, 1.54) is 0 Å². The highest BCUT2D eigenvalue weighted by atomic mass is 32.2. The molecule has 0 aliphatic heterocycles. The lowest BCUT2D eigenvalue weighted by Crippen LogP contribution is -2.53. The van der Waals surface area contributed by atoms with Gasteiger partial charge < -0.3 is 10.6 Å². The Hall–Kier alpha value is -4.69. The molecule has 2 amide bonds. The van der Waals surface area contributed by atoms with Crippen molar-refractivity contribution in [1.29, 1.82) is 0 Å². The van der Waals surface area contributed by atoms with Crippen LogP contribution < -0.4 is 10.6 Å². The molecule has 0 heterocycles. The Labute approximate surface area is 327 Å². The van der Waals surface area contributed by atoms with Gasteiger partial charge in [0.15, 0.2) is 4.87 Å². The van der Waals surface area contributed by atoms with Gasteiger partial charge in [-0.15, -0.1) is 36.2 Å². The summed E-state index contributed by atoms with van der Waals surface area (Å²) < 4.78 is -1.02. The van der Waals surface area contributed by atoms with Crippen molar-refractivity contribution in [2.75, 3.05) is 18.1 Å². The normalized spacial score (nSPS) is 12.7. The zero-order valence-electron chi connectivity index (χ0n) is 29.7. The molecule has 0 fully saturated rings. The Morgan fingerprint density at radius 2 is 0.774 bits per heavy atom. The molecular formula is C46H44N2O2S3. The van der Waals surface area contributed by atoms with E-state index in [1.807, 2.05) is 36.4 Å². The number of rotatable bonds is 16. The number of thiol groups is 1. The van der Waals surface area contributed by atoms with E-state index in [1.54, 1.807) is 30.4 Å². The minimum absolute atomic E-state index is 0.214. The topological polar surface area (TPSA) is 58.2 Å². The van der Waals surface area contributed by atoms with Crippen LogP contribution in [-0.4, -0.2) is 34.7 Å². The first kappa shape index (κ1) is 38.0. The van der Waals surface area contributed by atoms with E-state index in [0.29, 0.717) is 18.1 Å². The Morgan fingerprint density at radius 1 is 0.491 bits per heavy atom. The standard InChI is InChI=1S/C46H44N2O2S3/c1-44(51,43(50)47-33-35-53-46(39-26-14-5-15-27-39,40-28-16-6-17-29-40)41-30-18-7-19-31-41)48-42(49)32-34-52-45(36-20-8-2-9-21-36,37-22-10-3-11-23-37)38-24-12-4-13-25-38/h2-31,51H,32-35H2,1H3,(H,47,50)(H,48,49). The minimum atomic E-state index is -1.39. The molecular weight excluding hydrogens is 709 g/mol. The summed E-state index contributed by atoms with van der Waals surface area (Å²) in [5.41, 5.74) is 6.89. The van der Waals surface area contributed by atoms with Gasteiger partial charge >= 0.3 is 0 Å². The van der Waals surface area contributed by atoms with Gasteiger partial charge in [-0.1, -0.05) is 182 Å². The predicted octanol–water partition coefficient (Wildman–Crippen LogP) is 9.71. The van der Waals surface area contributed by atoms with Crippen LogP contribution in [-0.2, 0) is 19.1 Å². The van der Waals surface area contributed by atoms with Crippen molar-refractivity contribution < 1.29 is 9.59 Å². The third-order valence-electron chi connectivity index (χ3n) is 9.26.